The minimum Gasteiger partial charge on any atom is -0.325 e. The van der Waals surface area contributed by atoms with Gasteiger partial charge in [0.05, 0.1) is 11.4 Å². The fourth-order valence-corrected chi connectivity index (χ4v) is 3.37. The predicted octanol–water partition coefficient (Wildman–Crippen LogP) is 2.55. The Morgan fingerprint density at radius 1 is 1.39 bits per heavy atom. The molecule has 0 bridgehead atoms. The summed E-state index contributed by atoms with van der Waals surface area (Å²) in [7, 11) is 0. The Balaban J connectivity index is 1.61. The van der Waals surface area contributed by atoms with Gasteiger partial charge in [-0.25, -0.2) is 4.98 Å². The van der Waals surface area contributed by atoms with Crippen molar-refractivity contribution >= 4 is 23.4 Å². The number of thioether (sulfide) groups is 1. The highest BCUT2D eigenvalue weighted by atomic mass is 32.2. The van der Waals surface area contributed by atoms with Gasteiger partial charge in [-0.3, -0.25) is 9.59 Å². The molecule has 0 aliphatic heterocycles. The Morgan fingerprint density at radius 3 is 3.09 bits per heavy atom. The molecule has 120 valence electrons. The van der Waals surface area contributed by atoms with Crippen LogP contribution in [0.5, 0.6) is 0 Å². The predicted molar refractivity (Wildman–Crippen MR) is 92.1 cm³/mol. The van der Waals surface area contributed by atoms with E-state index >= 15 is 0 Å². The topological polar surface area (TPSA) is 74.8 Å². The molecule has 0 saturated heterocycles. The summed E-state index contributed by atoms with van der Waals surface area (Å²) in [6, 6.07) is 7.81. The van der Waals surface area contributed by atoms with Gasteiger partial charge in [-0.15, -0.1) is 0 Å². The Bertz CT molecular complexity index is 786. The van der Waals surface area contributed by atoms with Crippen molar-refractivity contribution in [3.05, 3.63) is 51.4 Å². The number of benzene rings is 1. The molecular weight excluding hydrogens is 310 g/mol. The van der Waals surface area contributed by atoms with Crippen molar-refractivity contribution in [1.29, 1.82) is 0 Å². The molecule has 1 amide bonds. The molecule has 2 aromatic rings. The molecule has 5 nitrogen and oxygen atoms in total. The van der Waals surface area contributed by atoms with E-state index in [1.54, 1.807) is 0 Å². The van der Waals surface area contributed by atoms with Gasteiger partial charge in [-0.05, 0) is 43.4 Å². The van der Waals surface area contributed by atoms with Gasteiger partial charge in [-0.1, -0.05) is 30.8 Å². The van der Waals surface area contributed by atoms with Crippen LogP contribution in [0.25, 0.3) is 0 Å². The molecule has 0 spiro atoms. The fourth-order valence-electron chi connectivity index (χ4n) is 2.69. The number of anilines is 1. The molecule has 2 N–H and O–H groups in total. The second-order valence-electron chi connectivity index (χ2n) is 5.54. The van der Waals surface area contributed by atoms with Crippen molar-refractivity contribution in [3.8, 4) is 0 Å². The maximum atomic E-state index is 12.1. The number of nitrogens with one attached hydrogen (secondary N) is 2. The van der Waals surface area contributed by atoms with Gasteiger partial charge in [-0.2, -0.15) is 0 Å². The summed E-state index contributed by atoms with van der Waals surface area (Å²) in [6.45, 7) is 2.08. The van der Waals surface area contributed by atoms with E-state index < -0.39 is 0 Å². The summed E-state index contributed by atoms with van der Waals surface area (Å²) in [4.78, 5) is 31.2. The molecule has 1 aliphatic rings. The van der Waals surface area contributed by atoms with Crippen LogP contribution in [0, 0.1) is 0 Å². The summed E-state index contributed by atoms with van der Waals surface area (Å²) >= 11 is 1.26. The van der Waals surface area contributed by atoms with Crippen molar-refractivity contribution < 1.29 is 4.79 Å². The van der Waals surface area contributed by atoms with Crippen molar-refractivity contribution in [2.75, 3.05) is 11.1 Å². The summed E-state index contributed by atoms with van der Waals surface area (Å²) in [5.41, 5.74) is 3.60. The van der Waals surface area contributed by atoms with E-state index in [9.17, 15) is 9.59 Å². The fraction of sp³-hybridized carbons (Fsp3) is 0.353. The molecule has 6 heteroatoms. The first kappa shape index (κ1) is 15.8. The van der Waals surface area contributed by atoms with E-state index in [-0.39, 0.29) is 17.2 Å². The van der Waals surface area contributed by atoms with Crippen molar-refractivity contribution in [1.82, 2.24) is 9.97 Å². The number of amides is 1. The maximum Gasteiger partial charge on any atom is 0.254 e. The van der Waals surface area contributed by atoms with Crippen LogP contribution in [0.2, 0.25) is 0 Å². The van der Waals surface area contributed by atoms with Crippen molar-refractivity contribution in [3.63, 3.8) is 0 Å². The number of nitrogens with zero attached hydrogens (tertiary/aromatic N) is 1. The average molecular weight is 329 g/mol. The van der Waals surface area contributed by atoms with Gasteiger partial charge in [0.15, 0.2) is 5.16 Å². The number of aromatic amines is 1. The minimum absolute atomic E-state index is 0.0638. The first-order valence-electron chi connectivity index (χ1n) is 7.79. The Hall–Kier alpha value is -2.08. The molecule has 1 heterocycles. The van der Waals surface area contributed by atoms with Crippen LogP contribution in [0.4, 0.5) is 5.69 Å². The number of hydrogen-bond donors (Lipinski definition) is 2. The molecule has 0 atom stereocenters. The van der Waals surface area contributed by atoms with E-state index in [2.05, 4.69) is 22.2 Å². The van der Waals surface area contributed by atoms with E-state index in [0.717, 1.165) is 42.6 Å². The Labute approximate surface area is 138 Å². The number of rotatable bonds is 5. The quantitative estimate of drug-likeness (QED) is 0.653. The second kappa shape index (κ2) is 7.00. The third kappa shape index (κ3) is 3.82. The van der Waals surface area contributed by atoms with E-state index in [1.165, 1.54) is 17.3 Å². The number of aromatic nitrogens is 2. The number of carbonyl (C=O) groups excluding carboxylic acids is 1. The van der Waals surface area contributed by atoms with E-state index in [0.29, 0.717) is 5.16 Å². The lowest BCUT2D eigenvalue weighted by atomic mass is 10.1. The number of H-pyrrole nitrogens is 1. The van der Waals surface area contributed by atoms with Crippen LogP contribution in [0.3, 0.4) is 0 Å². The van der Waals surface area contributed by atoms with Crippen molar-refractivity contribution in [2.24, 2.45) is 0 Å². The molecule has 0 radical (unpaired) electrons. The zero-order valence-electron chi connectivity index (χ0n) is 13.0. The molecule has 1 aromatic carbocycles. The molecule has 23 heavy (non-hydrogen) atoms. The lowest BCUT2D eigenvalue weighted by molar-refractivity contribution is -0.113. The lowest BCUT2D eigenvalue weighted by Crippen LogP contribution is -2.17. The smallest absolute Gasteiger partial charge is 0.254 e. The standard InChI is InChI=1S/C17H19N3O2S/c1-2-11-5-3-6-12(9-11)18-15(21)10-23-17-19-14-8-4-7-13(14)16(22)20-17/h3,5-6,9H,2,4,7-8,10H2,1H3,(H,18,21)(H,19,20,22). The van der Waals surface area contributed by atoms with Gasteiger partial charge < -0.3 is 10.3 Å². The van der Waals surface area contributed by atoms with Crippen LogP contribution >= 0.6 is 11.8 Å². The van der Waals surface area contributed by atoms with Crippen LogP contribution in [-0.2, 0) is 24.1 Å². The summed E-state index contributed by atoms with van der Waals surface area (Å²) < 4.78 is 0. The molecular formula is C17H19N3O2S. The van der Waals surface area contributed by atoms with Crippen LogP contribution in [0.1, 0.15) is 30.2 Å². The lowest BCUT2D eigenvalue weighted by Gasteiger charge is -2.07. The van der Waals surface area contributed by atoms with E-state index in [1.807, 2.05) is 24.3 Å². The average Bonchev–Trinajstić information content (AvgIpc) is 3.02. The van der Waals surface area contributed by atoms with Gasteiger partial charge >= 0.3 is 0 Å². The van der Waals surface area contributed by atoms with Crippen molar-refractivity contribution in [2.45, 2.75) is 37.8 Å². The summed E-state index contributed by atoms with van der Waals surface area (Å²) in [5.74, 6) is 0.115. The van der Waals surface area contributed by atoms with E-state index in [4.69, 9.17) is 0 Å². The summed E-state index contributed by atoms with van der Waals surface area (Å²) in [5, 5.41) is 3.40. The number of fused-ring (bicyclic) bond motifs is 1. The highest BCUT2D eigenvalue weighted by Gasteiger charge is 2.17. The van der Waals surface area contributed by atoms with Gasteiger partial charge in [0.1, 0.15) is 0 Å². The molecule has 0 fully saturated rings. The first-order valence-corrected chi connectivity index (χ1v) is 8.78. The third-order valence-corrected chi connectivity index (χ3v) is 4.75. The number of hydrogen-bond acceptors (Lipinski definition) is 4. The van der Waals surface area contributed by atoms with Crippen LogP contribution in [0.15, 0.2) is 34.2 Å². The zero-order valence-corrected chi connectivity index (χ0v) is 13.8. The first-order chi connectivity index (χ1) is 11.2. The van der Waals surface area contributed by atoms with Crippen LogP contribution < -0.4 is 10.9 Å². The molecule has 1 aromatic heterocycles. The van der Waals surface area contributed by atoms with Gasteiger partial charge in [0, 0.05) is 11.3 Å². The Morgan fingerprint density at radius 2 is 2.26 bits per heavy atom. The monoisotopic (exact) mass is 329 g/mol. The molecule has 1 aliphatic carbocycles. The molecule has 3 rings (SSSR count). The third-order valence-electron chi connectivity index (χ3n) is 3.88. The van der Waals surface area contributed by atoms with Gasteiger partial charge in [0.2, 0.25) is 5.91 Å². The molecule has 0 saturated carbocycles. The molecule has 0 unspecified atom stereocenters. The number of carbonyl (C=O) groups is 1. The van der Waals surface area contributed by atoms with Crippen LogP contribution in [-0.4, -0.2) is 21.6 Å². The highest BCUT2D eigenvalue weighted by Crippen LogP contribution is 2.20. The van der Waals surface area contributed by atoms with Gasteiger partial charge in [0.25, 0.3) is 5.56 Å². The second-order valence-corrected chi connectivity index (χ2v) is 6.50. The maximum absolute atomic E-state index is 12.1. The largest absolute Gasteiger partial charge is 0.325 e. The Kier molecular flexibility index (Phi) is 4.81. The SMILES string of the molecule is CCc1cccc(NC(=O)CSc2nc3c(c(=O)[nH]2)CCC3)c1. The highest BCUT2D eigenvalue weighted by molar-refractivity contribution is 7.99. The summed E-state index contributed by atoms with van der Waals surface area (Å²) in [6.07, 6.45) is 3.56. The number of aryl methyl sites for hydroxylation is 2. The minimum atomic E-state index is -0.105. The zero-order chi connectivity index (χ0) is 16.2. The normalized spacial score (nSPS) is 12.9.